The summed E-state index contributed by atoms with van der Waals surface area (Å²) in [5, 5.41) is 18.2. The van der Waals surface area contributed by atoms with E-state index in [0.717, 1.165) is 0 Å². The summed E-state index contributed by atoms with van der Waals surface area (Å²) in [5.74, 6) is 0. The van der Waals surface area contributed by atoms with Gasteiger partial charge in [-0.05, 0) is 13.8 Å². The van der Waals surface area contributed by atoms with Gasteiger partial charge in [0.15, 0.2) is 0 Å². The van der Waals surface area contributed by atoms with Crippen LogP contribution in [0.1, 0.15) is 20.3 Å². The molecule has 1 rings (SSSR count). The smallest absolute Gasteiger partial charge is 0.103 e. The largest absolute Gasteiger partial charge is 0.390 e. The lowest BCUT2D eigenvalue weighted by Crippen LogP contribution is -2.45. The first-order chi connectivity index (χ1) is 4.51. The van der Waals surface area contributed by atoms with Crippen molar-refractivity contribution in [1.82, 2.24) is 0 Å². The zero-order valence-corrected chi connectivity index (χ0v) is 6.37. The highest BCUT2D eigenvalue weighted by Gasteiger charge is 2.33. The molecule has 0 aromatic carbocycles. The van der Waals surface area contributed by atoms with Crippen molar-refractivity contribution in [2.45, 2.75) is 38.1 Å². The summed E-state index contributed by atoms with van der Waals surface area (Å²) in [5.41, 5.74) is -0.279. The molecule has 0 aromatic rings. The van der Waals surface area contributed by atoms with Crippen LogP contribution in [0.4, 0.5) is 0 Å². The van der Waals surface area contributed by atoms with E-state index in [1.807, 2.05) is 13.8 Å². The first-order valence-corrected chi connectivity index (χ1v) is 3.51. The normalized spacial score (nSPS) is 39.6. The highest BCUT2D eigenvalue weighted by molar-refractivity contribution is 4.83. The van der Waals surface area contributed by atoms with E-state index in [-0.39, 0.29) is 12.2 Å². The van der Waals surface area contributed by atoms with Crippen molar-refractivity contribution in [3.8, 4) is 0 Å². The van der Waals surface area contributed by atoms with Crippen LogP contribution in [0.2, 0.25) is 0 Å². The molecule has 0 aliphatic carbocycles. The van der Waals surface area contributed by atoms with E-state index in [4.69, 9.17) is 9.84 Å². The minimum Gasteiger partial charge on any atom is -0.390 e. The number of hydrogen-bond donors (Lipinski definition) is 2. The van der Waals surface area contributed by atoms with Crippen LogP contribution in [-0.2, 0) is 4.74 Å². The minimum absolute atomic E-state index is 0.244. The summed E-state index contributed by atoms with van der Waals surface area (Å²) >= 11 is 0. The Kier molecular flexibility index (Phi) is 1.99. The second-order valence-electron chi connectivity index (χ2n) is 3.41. The molecule has 2 unspecified atom stereocenters. The molecule has 0 radical (unpaired) electrons. The van der Waals surface area contributed by atoms with E-state index in [1.165, 1.54) is 0 Å². The van der Waals surface area contributed by atoms with Crippen LogP contribution in [0.15, 0.2) is 0 Å². The van der Waals surface area contributed by atoms with Crippen LogP contribution < -0.4 is 0 Å². The molecule has 1 fully saturated rings. The van der Waals surface area contributed by atoms with E-state index >= 15 is 0 Å². The molecule has 0 saturated carbocycles. The van der Waals surface area contributed by atoms with E-state index in [0.29, 0.717) is 6.42 Å². The van der Waals surface area contributed by atoms with Gasteiger partial charge in [-0.15, -0.1) is 0 Å². The molecule has 1 heterocycles. The van der Waals surface area contributed by atoms with Crippen molar-refractivity contribution < 1.29 is 14.9 Å². The van der Waals surface area contributed by atoms with Crippen molar-refractivity contribution in [3.05, 3.63) is 0 Å². The van der Waals surface area contributed by atoms with Gasteiger partial charge in [-0.2, -0.15) is 0 Å². The third-order valence-electron chi connectivity index (χ3n) is 1.79. The molecule has 0 aromatic heterocycles. The van der Waals surface area contributed by atoms with Gasteiger partial charge in [0.2, 0.25) is 0 Å². The average Bonchev–Trinajstić information content (AvgIpc) is 1.79. The van der Waals surface area contributed by atoms with Crippen LogP contribution in [0, 0.1) is 0 Å². The Morgan fingerprint density at radius 1 is 1.30 bits per heavy atom. The zero-order chi connectivity index (χ0) is 7.78. The van der Waals surface area contributed by atoms with Gasteiger partial charge in [0.05, 0.1) is 18.3 Å². The number of hydrogen-bond acceptors (Lipinski definition) is 3. The van der Waals surface area contributed by atoms with E-state index in [1.54, 1.807) is 0 Å². The molecule has 0 spiro atoms. The average molecular weight is 146 g/mol. The summed E-state index contributed by atoms with van der Waals surface area (Å²) in [7, 11) is 0. The molecular weight excluding hydrogens is 132 g/mol. The third kappa shape index (κ3) is 1.68. The van der Waals surface area contributed by atoms with Gasteiger partial charge in [-0.1, -0.05) is 0 Å². The van der Waals surface area contributed by atoms with Crippen LogP contribution in [0.5, 0.6) is 0 Å². The van der Waals surface area contributed by atoms with Gasteiger partial charge in [-0.3, -0.25) is 0 Å². The first-order valence-electron chi connectivity index (χ1n) is 3.51. The quantitative estimate of drug-likeness (QED) is 0.502. The summed E-state index contributed by atoms with van der Waals surface area (Å²) in [4.78, 5) is 0. The molecule has 2 N–H and O–H groups in total. The summed E-state index contributed by atoms with van der Waals surface area (Å²) in [6.45, 7) is 4.05. The Bertz CT molecular complexity index is 122. The van der Waals surface area contributed by atoms with Crippen LogP contribution in [-0.4, -0.2) is 34.6 Å². The zero-order valence-electron chi connectivity index (χ0n) is 6.37. The molecule has 3 nitrogen and oxygen atoms in total. The fraction of sp³-hybridized carbons (Fsp3) is 1.00. The predicted octanol–water partition coefficient (Wildman–Crippen LogP) is -0.0929. The maximum atomic E-state index is 9.18. The van der Waals surface area contributed by atoms with Crippen molar-refractivity contribution in [3.63, 3.8) is 0 Å². The maximum Gasteiger partial charge on any atom is 0.103 e. The monoisotopic (exact) mass is 146 g/mol. The molecule has 0 bridgehead atoms. The number of aliphatic hydroxyl groups is 2. The Morgan fingerprint density at radius 3 is 2.30 bits per heavy atom. The van der Waals surface area contributed by atoms with Gasteiger partial charge >= 0.3 is 0 Å². The van der Waals surface area contributed by atoms with E-state index in [2.05, 4.69) is 0 Å². The molecule has 0 amide bonds. The molecule has 1 aliphatic rings. The van der Waals surface area contributed by atoms with E-state index < -0.39 is 12.2 Å². The maximum absolute atomic E-state index is 9.18. The molecule has 10 heavy (non-hydrogen) atoms. The minimum atomic E-state index is -0.701. The highest BCUT2D eigenvalue weighted by Crippen LogP contribution is 2.23. The predicted molar refractivity (Wildman–Crippen MR) is 36.7 cm³/mol. The van der Waals surface area contributed by atoms with Gasteiger partial charge in [0.1, 0.15) is 6.10 Å². The van der Waals surface area contributed by atoms with E-state index in [9.17, 15) is 5.11 Å². The Balaban J connectivity index is 2.49. The number of ether oxygens (including phenoxy) is 1. The fourth-order valence-electron chi connectivity index (χ4n) is 1.12. The molecule has 1 saturated heterocycles. The topological polar surface area (TPSA) is 49.7 Å². The van der Waals surface area contributed by atoms with Crippen molar-refractivity contribution >= 4 is 0 Å². The standard InChI is InChI=1S/C7H14O3/c1-7(2)3-5(8)6(9)4-10-7/h5-6,8-9H,3-4H2,1-2H3. The lowest BCUT2D eigenvalue weighted by Gasteiger charge is -2.35. The van der Waals surface area contributed by atoms with Crippen molar-refractivity contribution in [1.29, 1.82) is 0 Å². The Hall–Kier alpha value is -0.120. The second kappa shape index (κ2) is 2.49. The number of rotatable bonds is 0. The Labute approximate surface area is 60.6 Å². The number of aliphatic hydroxyl groups excluding tert-OH is 2. The summed E-state index contributed by atoms with van der Waals surface area (Å²) < 4.78 is 5.24. The molecule has 2 atom stereocenters. The van der Waals surface area contributed by atoms with Gasteiger partial charge in [0, 0.05) is 6.42 Å². The first kappa shape index (κ1) is 7.98. The SMILES string of the molecule is CC1(C)CC(O)C(O)CO1. The third-order valence-corrected chi connectivity index (χ3v) is 1.79. The lowest BCUT2D eigenvalue weighted by atomic mass is 9.94. The molecule has 3 heteroatoms. The summed E-state index contributed by atoms with van der Waals surface area (Å²) in [6.07, 6.45) is -0.814. The molecule has 1 aliphatic heterocycles. The van der Waals surface area contributed by atoms with Crippen LogP contribution in [0.25, 0.3) is 0 Å². The lowest BCUT2D eigenvalue weighted by molar-refractivity contribution is -0.156. The van der Waals surface area contributed by atoms with Crippen molar-refractivity contribution in [2.75, 3.05) is 6.61 Å². The fourth-order valence-corrected chi connectivity index (χ4v) is 1.12. The highest BCUT2D eigenvalue weighted by atomic mass is 16.5. The van der Waals surface area contributed by atoms with Gasteiger partial charge in [-0.25, -0.2) is 0 Å². The van der Waals surface area contributed by atoms with Crippen LogP contribution >= 0.6 is 0 Å². The second-order valence-corrected chi connectivity index (χ2v) is 3.41. The Morgan fingerprint density at radius 2 is 1.90 bits per heavy atom. The van der Waals surface area contributed by atoms with Crippen LogP contribution in [0.3, 0.4) is 0 Å². The van der Waals surface area contributed by atoms with Gasteiger partial charge < -0.3 is 14.9 Å². The van der Waals surface area contributed by atoms with Crippen molar-refractivity contribution in [2.24, 2.45) is 0 Å². The van der Waals surface area contributed by atoms with Gasteiger partial charge in [0.25, 0.3) is 0 Å². The summed E-state index contributed by atoms with van der Waals surface area (Å²) in [6, 6.07) is 0. The molecule has 60 valence electrons. The molecular formula is C7H14O3.